The van der Waals surface area contributed by atoms with E-state index >= 15 is 0 Å². The van der Waals surface area contributed by atoms with E-state index in [1.165, 1.54) is 51.4 Å². The molecule has 7 N–H and O–H groups in total. The van der Waals surface area contributed by atoms with E-state index in [0.717, 1.165) is 70.6 Å². The molecule has 2 aliphatic heterocycles. The predicted octanol–water partition coefficient (Wildman–Crippen LogP) is 5.21. The van der Waals surface area contributed by atoms with Crippen molar-refractivity contribution in [2.24, 2.45) is 0 Å². The molecule has 0 amide bonds. The lowest BCUT2D eigenvalue weighted by Crippen LogP contribution is -2.61. The second kappa shape index (κ2) is 34.4. The first kappa shape index (κ1) is 55.1. The number of aliphatic hydroxyl groups excluding tert-OH is 7. The summed E-state index contributed by atoms with van der Waals surface area (Å²) in [4.78, 5) is 25.6. The molecule has 2 saturated heterocycles. The van der Waals surface area contributed by atoms with E-state index in [9.17, 15) is 45.3 Å². The van der Waals surface area contributed by atoms with Gasteiger partial charge in [0, 0.05) is 12.8 Å². The zero-order valence-corrected chi connectivity index (χ0v) is 37.1. The number of hydrogen-bond donors (Lipinski definition) is 7. The van der Waals surface area contributed by atoms with Crippen molar-refractivity contribution in [2.45, 2.75) is 229 Å². The molecule has 0 aromatic rings. The Balaban J connectivity index is 1.86. The lowest BCUT2D eigenvalue weighted by Gasteiger charge is -2.42. The first-order chi connectivity index (χ1) is 29.5. The van der Waals surface area contributed by atoms with Gasteiger partial charge >= 0.3 is 11.9 Å². The first-order valence-corrected chi connectivity index (χ1v) is 23.4. The molecule has 2 aliphatic rings. The molecular formula is C46H82O15. The van der Waals surface area contributed by atoms with Crippen molar-refractivity contribution in [1.29, 1.82) is 0 Å². The van der Waals surface area contributed by atoms with Gasteiger partial charge < -0.3 is 64.2 Å². The molecule has 11 atom stereocenters. The minimum Gasteiger partial charge on any atom is -0.462 e. The Hall–Kier alpha value is -2.02. The maximum atomic E-state index is 12.9. The third-order valence-corrected chi connectivity index (χ3v) is 11.2. The molecule has 11 unspecified atom stereocenters. The number of esters is 2. The van der Waals surface area contributed by atoms with Crippen LogP contribution in [0.5, 0.6) is 0 Å². The number of rotatable bonds is 35. The average molecular weight is 875 g/mol. The summed E-state index contributed by atoms with van der Waals surface area (Å²) in [5.74, 6) is -0.940. The third-order valence-electron chi connectivity index (χ3n) is 11.2. The molecule has 0 aromatic heterocycles. The zero-order valence-electron chi connectivity index (χ0n) is 37.1. The lowest BCUT2D eigenvalue weighted by molar-refractivity contribution is -0.332. The Morgan fingerprint density at radius 2 is 1.02 bits per heavy atom. The number of allylic oxidation sites excluding steroid dienone is 4. The van der Waals surface area contributed by atoms with Gasteiger partial charge in [-0.1, -0.05) is 134 Å². The van der Waals surface area contributed by atoms with Crippen molar-refractivity contribution < 1.29 is 73.8 Å². The molecule has 0 bridgehead atoms. The summed E-state index contributed by atoms with van der Waals surface area (Å²) in [5, 5.41) is 71.9. The SMILES string of the molecule is CCC/C=C\C/C=C\CCCCCCCC(=O)OC(COC(=O)CCCCCCCCCCCCCC)COC1OC(COC2OC(CO)C(O)C(O)C2O)C(O)C(O)C1O. The summed E-state index contributed by atoms with van der Waals surface area (Å²) >= 11 is 0. The summed E-state index contributed by atoms with van der Waals surface area (Å²) in [6.45, 7) is 2.49. The minimum atomic E-state index is -1.76. The fraction of sp³-hybridized carbons (Fsp3) is 0.870. The molecule has 0 radical (unpaired) electrons. The molecule has 0 aliphatic carbocycles. The minimum absolute atomic E-state index is 0.151. The standard InChI is InChI=1S/C46H82O15/c1-3-5-7-9-11-13-15-17-19-21-23-25-27-29-38(49)59-34(31-56-37(48)28-26-24-22-20-18-16-14-12-10-8-6-4-2)32-57-45-44(55)42(53)40(51)36(61-45)33-58-46-43(54)41(52)39(50)35(30-47)60-46/h7,9,13,15,34-36,39-47,50-55H,3-6,8,10-12,14,16-33H2,1-2H3/b9-7-,15-13-. The van der Waals surface area contributed by atoms with E-state index < -0.39 is 92.7 Å². The van der Waals surface area contributed by atoms with Gasteiger partial charge in [0.05, 0.1) is 19.8 Å². The highest BCUT2D eigenvalue weighted by molar-refractivity contribution is 5.70. The molecule has 2 fully saturated rings. The maximum Gasteiger partial charge on any atom is 0.306 e. The van der Waals surface area contributed by atoms with Gasteiger partial charge in [0.15, 0.2) is 18.7 Å². The van der Waals surface area contributed by atoms with Gasteiger partial charge in [0.25, 0.3) is 0 Å². The van der Waals surface area contributed by atoms with Crippen molar-refractivity contribution in [2.75, 3.05) is 26.4 Å². The summed E-state index contributed by atoms with van der Waals surface area (Å²) in [7, 11) is 0. The van der Waals surface area contributed by atoms with Gasteiger partial charge in [-0.05, 0) is 38.5 Å². The molecule has 2 heterocycles. The number of unbranched alkanes of at least 4 members (excludes halogenated alkanes) is 17. The molecule has 0 spiro atoms. The van der Waals surface area contributed by atoms with Crippen LogP contribution in [0, 0.1) is 0 Å². The van der Waals surface area contributed by atoms with Crippen molar-refractivity contribution >= 4 is 11.9 Å². The van der Waals surface area contributed by atoms with Crippen LogP contribution in [0.1, 0.15) is 162 Å². The monoisotopic (exact) mass is 875 g/mol. The highest BCUT2D eigenvalue weighted by atomic mass is 16.7. The maximum absolute atomic E-state index is 12.9. The summed E-state index contributed by atoms with van der Waals surface area (Å²) in [5.41, 5.74) is 0. The Morgan fingerprint density at radius 3 is 1.59 bits per heavy atom. The number of carbonyl (C=O) groups is 2. The molecule has 15 nitrogen and oxygen atoms in total. The third kappa shape index (κ3) is 23.5. The highest BCUT2D eigenvalue weighted by Crippen LogP contribution is 2.26. The second-order valence-corrected chi connectivity index (χ2v) is 16.6. The van der Waals surface area contributed by atoms with E-state index in [1.54, 1.807) is 0 Å². The quantitative estimate of drug-likeness (QED) is 0.0246. The van der Waals surface area contributed by atoms with Crippen molar-refractivity contribution in [3.63, 3.8) is 0 Å². The van der Waals surface area contributed by atoms with Crippen LogP contribution < -0.4 is 0 Å². The van der Waals surface area contributed by atoms with Gasteiger partial charge in [0.1, 0.15) is 55.4 Å². The van der Waals surface area contributed by atoms with Crippen LogP contribution in [0.25, 0.3) is 0 Å². The van der Waals surface area contributed by atoms with Crippen LogP contribution in [-0.2, 0) is 38.0 Å². The molecule has 15 heteroatoms. The lowest BCUT2D eigenvalue weighted by atomic mass is 9.98. The van der Waals surface area contributed by atoms with E-state index in [2.05, 4.69) is 38.2 Å². The molecule has 61 heavy (non-hydrogen) atoms. The smallest absolute Gasteiger partial charge is 0.306 e. The molecule has 0 aromatic carbocycles. The summed E-state index contributed by atoms with van der Waals surface area (Å²) in [6, 6.07) is 0. The highest BCUT2D eigenvalue weighted by Gasteiger charge is 2.47. The largest absolute Gasteiger partial charge is 0.462 e. The zero-order chi connectivity index (χ0) is 44.7. The summed E-state index contributed by atoms with van der Waals surface area (Å²) in [6.07, 6.45) is 15.0. The fourth-order valence-corrected chi connectivity index (χ4v) is 7.25. The molecule has 356 valence electrons. The van der Waals surface area contributed by atoms with Gasteiger partial charge in [-0.15, -0.1) is 0 Å². The normalized spacial score (nSPS) is 27.5. The van der Waals surface area contributed by atoms with Gasteiger partial charge in [0.2, 0.25) is 0 Å². The number of aliphatic hydroxyl groups is 7. The van der Waals surface area contributed by atoms with Crippen LogP contribution >= 0.6 is 0 Å². The fourth-order valence-electron chi connectivity index (χ4n) is 7.25. The van der Waals surface area contributed by atoms with E-state index in [0.29, 0.717) is 12.8 Å². The summed E-state index contributed by atoms with van der Waals surface area (Å²) < 4.78 is 33.4. The Kier molecular flexibility index (Phi) is 31.1. The van der Waals surface area contributed by atoms with Gasteiger partial charge in [-0.2, -0.15) is 0 Å². The second-order valence-electron chi connectivity index (χ2n) is 16.6. The Labute approximate surface area is 364 Å². The van der Waals surface area contributed by atoms with Crippen LogP contribution in [0.3, 0.4) is 0 Å². The van der Waals surface area contributed by atoms with Crippen LogP contribution in [-0.4, -0.2) is 142 Å². The van der Waals surface area contributed by atoms with E-state index in [-0.39, 0.29) is 26.1 Å². The van der Waals surface area contributed by atoms with Crippen molar-refractivity contribution in [3.05, 3.63) is 24.3 Å². The Bertz CT molecular complexity index is 1170. The Morgan fingerprint density at radius 1 is 0.525 bits per heavy atom. The van der Waals surface area contributed by atoms with Crippen LogP contribution in [0.4, 0.5) is 0 Å². The molecular weight excluding hydrogens is 792 g/mol. The van der Waals surface area contributed by atoms with E-state index in [4.69, 9.17) is 28.4 Å². The predicted molar refractivity (Wildman–Crippen MR) is 229 cm³/mol. The number of hydrogen-bond acceptors (Lipinski definition) is 15. The van der Waals surface area contributed by atoms with Crippen LogP contribution in [0.2, 0.25) is 0 Å². The molecule has 0 saturated carbocycles. The van der Waals surface area contributed by atoms with Gasteiger partial charge in [-0.25, -0.2) is 0 Å². The van der Waals surface area contributed by atoms with E-state index in [1.807, 2.05) is 0 Å². The van der Waals surface area contributed by atoms with Crippen molar-refractivity contribution in [3.8, 4) is 0 Å². The van der Waals surface area contributed by atoms with Gasteiger partial charge in [-0.3, -0.25) is 9.59 Å². The average Bonchev–Trinajstić information content (AvgIpc) is 3.25. The van der Waals surface area contributed by atoms with Crippen molar-refractivity contribution in [1.82, 2.24) is 0 Å². The van der Waals surface area contributed by atoms with Crippen LogP contribution in [0.15, 0.2) is 24.3 Å². The topological polar surface area (TPSA) is 231 Å². The molecule has 2 rings (SSSR count). The number of ether oxygens (including phenoxy) is 6. The number of carbonyl (C=O) groups excluding carboxylic acids is 2. The first-order valence-electron chi connectivity index (χ1n) is 23.4.